The lowest BCUT2D eigenvalue weighted by atomic mass is 10.1. The Labute approximate surface area is 97.8 Å². The molecule has 3 nitrogen and oxygen atoms in total. The molecule has 0 radical (unpaired) electrons. The number of nitrogens with two attached hydrogens (primary N) is 1. The standard InChI is InChI=1S/C11H11FN2OS/c12-7-1-3-8(4-2-7)14-10(15)11(5-6-11)9(13)16/h1-4H,5-6H2,(H2,13,16)(H,14,15). The van der Waals surface area contributed by atoms with Crippen molar-refractivity contribution in [2.24, 2.45) is 11.1 Å². The summed E-state index contributed by atoms with van der Waals surface area (Å²) in [5.74, 6) is -0.542. The Kier molecular flexibility index (Phi) is 2.63. The lowest BCUT2D eigenvalue weighted by molar-refractivity contribution is -0.118. The minimum Gasteiger partial charge on any atom is -0.392 e. The Hall–Kier alpha value is -1.49. The third-order valence-electron chi connectivity index (χ3n) is 2.76. The third-order valence-corrected chi connectivity index (χ3v) is 3.15. The summed E-state index contributed by atoms with van der Waals surface area (Å²) in [6, 6.07) is 5.58. The quantitative estimate of drug-likeness (QED) is 0.790. The van der Waals surface area contributed by atoms with Gasteiger partial charge in [0, 0.05) is 5.69 Å². The van der Waals surface area contributed by atoms with Crippen LogP contribution in [0.25, 0.3) is 0 Å². The molecule has 84 valence electrons. The molecule has 0 spiro atoms. The van der Waals surface area contributed by atoms with E-state index in [4.69, 9.17) is 18.0 Å². The summed E-state index contributed by atoms with van der Waals surface area (Å²) in [7, 11) is 0. The van der Waals surface area contributed by atoms with E-state index in [0.29, 0.717) is 18.5 Å². The topological polar surface area (TPSA) is 55.1 Å². The molecule has 1 aromatic carbocycles. The van der Waals surface area contributed by atoms with E-state index in [1.54, 1.807) is 0 Å². The van der Waals surface area contributed by atoms with Crippen LogP contribution in [0.15, 0.2) is 24.3 Å². The summed E-state index contributed by atoms with van der Waals surface area (Å²) in [6.07, 6.45) is 1.38. The monoisotopic (exact) mass is 238 g/mol. The van der Waals surface area contributed by atoms with Crippen LogP contribution in [0.1, 0.15) is 12.8 Å². The number of carbonyl (C=O) groups excluding carboxylic acids is 1. The summed E-state index contributed by atoms with van der Waals surface area (Å²) in [5, 5.41) is 2.68. The van der Waals surface area contributed by atoms with E-state index in [1.165, 1.54) is 24.3 Å². The molecule has 1 amide bonds. The molecule has 16 heavy (non-hydrogen) atoms. The molecule has 0 saturated heterocycles. The highest BCUT2D eigenvalue weighted by molar-refractivity contribution is 7.80. The van der Waals surface area contributed by atoms with Gasteiger partial charge in [-0.05, 0) is 37.1 Å². The molecular weight excluding hydrogens is 227 g/mol. The van der Waals surface area contributed by atoms with E-state index in [2.05, 4.69) is 5.32 Å². The van der Waals surface area contributed by atoms with E-state index < -0.39 is 5.41 Å². The van der Waals surface area contributed by atoms with Crippen molar-refractivity contribution in [3.05, 3.63) is 30.1 Å². The van der Waals surface area contributed by atoms with Crippen molar-refractivity contribution in [2.45, 2.75) is 12.8 Å². The van der Waals surface area contributed by atoms with Crippen LogP contribution in [0.5, 0.6) is 0 Å². The first-order valence-electron chi connectivity index (χ1n) is 4.91. The molecule has 5 heteroatoms. The number of rotatable bonds is 3. The van der Waals surface area contributed by atoms with E-state index in [-0.39, 0.29) is 16.7 Å². The normalized spacial score (nSPS) is 16.6. The molecule has 1 aliphatic carbocycles. The second kappa shape index (κ2) is 3.83. The summed E-state index contributed by atoms with van der Waals surface area (Å²) < 4.78 is 12.6. The zero-order valence-electron chi connectivity index (χ0n) is 8.50. The highest BCUT2D eigenvalue weighted by atomic mass is 32.1. The molecule has 0 aromatic heterocycles. The molecule has 0 aliphatic heterocycles. The lowest BCUT2D eigenvalue weighted by Gasteiger charge is -2.13. The first-order valence-corrected chi connectivity index (χ1v) is 5.32. The van der Waals surface area contributed by atoms with Crippen LogP contribution in [-0.2, 0) is 4.79 Å². The van der Waals surface area contributed by atoms with Crippen molar-refractivity contribution < 1.29 is 9.18 Å². The van der Waals surface area contributed by atoms with E-state index in [0.717, 1.165) is 0 Å². The Bertz CT molecular complexity index is 440. The second-order valence-corrected chi connectivity index (χ2v) is 4.35. The van der Waals surface area contributed by atoms with Crippen LogP contribution in [0.3, 0.4) is 0 Å². The van der Waals surface area contributed by atoms with Gasteiger partial charge in [0.25, 0.3) is 0 Å². The number of nitrogens with one attached hydrogen (secondary N) is 1. The molecule has 3 N–H and O–H groups in total. The van der Waals surface area contributed by atoms with Crippen LogP contribution >= 0.6 is 12.2 Å². The predicted molar refractivity (Wildman–Crippen MR) is 63.5 cm³/mol. The van der Waals surface area contributed by atoms with Gasteiger partial charge in [0.1, 0.15) is 5.82 Å². The molecular formula is C11H11FN2OS. The van der Waals surface area contributed by atoms with E-state index >= 15 is 0 Å². The highest BCUT2D eigenvalue weighted by Gasteiger charge is 2.52. The molecule has 0 atom stereocenters. The van der Waals surface area contributed by atoms with Crippen molar-refractivity contribution in [3.8, 4) is 0 Å². The van der Waals surface area contributed by atoms with Gasteiger partial charge < -0.3 is 11.1 Å². The minimum absolute atomic E-state index is 0.202. The van der Waals surface area contributed by atoms with E-state index in [1.807, 2.05) is 0 Å². The first kappa shape index (κ1) is 11.0. The predicted octanol–water partition coefficient (Wildman–Crippen LogP) is 1.83. The zero-order valence-corrected chi connectivity index (χ0v) is 9.31. The zero-order chi connectivity index (χ0) is 11.8. The van der Waals surface area contributed by atoms with Gasteiger partial charge in [0.2, 0.25) is 5.91 Å². The number of amides is 1. The van der Waals surface area contributed by atoms with Gasteiger partial charge >= 0.3 is 0 Å². The summed E-state index contributed by atoms with van der Waals surface area (Å²) in [4.78, 5) is 12.1. The number of anilines is 1. The fourth-order valence-corrected chi connectivity index (χ4v) is 1.79. The van der Waals surface area contributed by atoms with Gasteiger partial charge in [0.05, 0.1) is 10.4 Å². The molecule has 1 aliphatic rings. The van der Waals surface area contributed by atoms with Crippen molar-refractivity contribution in [2.75, 3.05) is 5.32 Å². The smallest absolute Gasteiger partial charge is 0.237 e. The molecule has 1 aromatic rings. The van der Waals surface area contributed by atoms with Crippen molar-refractivity contribution in [1.82, 2.24) is 0 Å². The average Bonchev–Trinajstić information content (AvgIpc) is 3.02. The molecule has 1 saturated carbocycles. The lowest BCUT2D eigenvalue weighted by Crippen LogP contribution is -2.34. The number of thiocarbonyl (C=S) groups is 1. The van der Waals surface area contributed by atoms with Crippen LogP contribution in [-0.4, -0.2) is 10.9 Å². The van der Waals surface area contributed by atoms with Gasteiger partial charge in [-0.3, -0.25) is 4.79 Å². The Morgan fingerprint density at radius 2 is 1.94 bits per heavy atom. The first-order chi connectivity index (χ1) is 7.54. The summed E-state index contributed by atoms with van der Waals surface area (Å²) in [5.41, 5.74) is 5.40. The maximum Gasteiger partial charge on any atom is 0.237 e. The minimum atomic E-state index is -0.677. The van der Waals surface area contributed by atoms with Crippen LogP contribution < -0.4 is 11.1 Å². The number of halogens is 1. The van der Waals surface area contributed by atoms with Gasteiger partial charge in [-0.15, -0.1) is 0 Å². The Morgan fingerprint density at radius 3 is 2.38 bits per heavy atom. The van der Waals surface area contributed by atoms with Crippen molar-refractivity contribution >= 4 is 28.8 Å². The van der Waals surface area contributed by atoms with Crippen LogP contribution in [0.2, 0.25) is 0 Å². The van der Waals surface area contributed by atoms with Crippen LogP contribution in [0, 0.1) is 11.2 Å². The Morgan fingerprint density at radius 1 is 1.38 bits per heavy atom. The number of benzene rings is 1. The number of hydrogen-bond acceptors (Lipinski definition) is 2. The van der Waals surface area contributed by atoms with Gasteiger partial charge in [-0.25, -0.2) is 4.39 Å². The van der Waals surface area contributed by atoms with Gasteiger partial charge in [-0.2, -0.15) is 0 Å². The van der Waals surface area contributed by atoms with E-state index in [9.17, 15) is 9.18 Å². The summed E-state index contributed by atoms with van der Waals surface area (Å²) >= 11 is 4.86. The van der Waals surface area contributed by atoms with Crippen LogP contribution in [0.4, 0.5) is 10.1 Å². The fraction of sp³-hybridized carbons (Fsp3) is 0.273. The third kappa shape index (κ3) is 1.90. The molecule has 0 unspecified atom stereocenters. The fourth-order valence-electron chi connectivity index (χ4n) is 1.49. The summed E-state index contributed by atoms with van der Waals surface area (Å²) in [6.45, 7) is 0. The Balaban J connectivity index is 2.08. The maximum atomic E-state index is 12.6. The maximum absolute atomic E-state index is 12.6. The van der Waals surface area contributed by atoms with Crippen molar-refractivity contribution in [1.29, 1.82) is 0 Å². The molecule has 0 heterocycles. The number of hydrogen-bond donors (Lipinski definition) is 2. The molecule has 0 bridgehead atoms. The molecule has 1 fully saturated rings. The van der Waals surface area contributed by atoms with Gasteiger partial charge in [-0.1, -0.05) is 12.2 Å². The van der Waals surface area contributed by atoms with Crippen molar-refractivity contribution in [3.63, 3.8) is 0 Å². The second-order valence-electron chi connectivity index (χ2n) is 3.91. The average molecular weight is 238 g/mol. The SMILES string of the molecule is NC(=S)C1(C(=O)Nc2ccc(F)cc2)CC1. The number of carbonyl (C=O) groups is 1. The highest BCUT2D eigenvalue weighted by Crippen LogP contribution is 2.46. The largest absolute Gasteiger partial charge is 0.392 e. The molecule has 2 rings (SSSR count). The van der Waals surface area contributed by atoms with Gasteiger partial charge in [0.15, 0.2) is 0 Å².